The molecule has 0 saturated carbocycles. The molecule has 0 unspecified atom stereocenters. The summed E-state index contributed by atoms with van der Waals surface area (Å²) in [5.74, 6) is 1.13. The Labute approximate surface area is 182 Å². The van der Waals surface area contributed by atoms with Crippen molar-refractivity contribution in [2.45, 2.75) is 6.92 Å². The standard InChI is InChI=1S/C21H18N4O3S2/c1-13-23-24-20(29-13)22-21-25(15-7-5-4-6-8-15)19(26)18(30-21)11-14-9-10-16(27-2)12-17(14)28-3/h4-12H,1-3H3/b18-11-,22-21+. The average Bonchev–Trinajstić information content (AvgIpc) is 3.31. The van der Waals surface area contributed by atoms with Crippen LogP contribution in [0.5, 0.6) is 11.5 Å². The summed E-state index contributed by atoms with van der Waals surface area (Å²) in [6, 6.07) is 14.9. The van der Waals surface area contributed by atoms with Crippen LogP contribution in [0.1, 0.15) is 10.6 Å². The van der Waals surface area contributed by atoms with Crippen molar-refractivity contribution in [1.82, 2.24) is 10.2 Å². The van der Waals surface area contributed by atoms with Gasteiger partial charge in [0.1, 0.15) is 16.5 Å². The summed E-state index contributed by atoms with van der Waals surface area (Å²) >= 11 is 2.66. The van der Waals surface area contributed by atoms with E-state index in [1.807, 2.05) is 49.4 Å². The van der Waals surface area contributed by atoms with Crippen molar-refractivity contribution in [3.8, 4) is 11.5 Å². The van der Waals surface area contributed by atoms with Gasteiger partial charge < -0.3 is 9.47 Å². The second-order valence-corrected chi connectivity index (χ2v) is 8.36. The smallest absolute Gasteiger partial charge is 0.271 e. The summed E-state index contributed by atoms with van der Waals surface area (Å²) in [7, 11) is 3.18. The maximum absolute atomic E-state index is 13.3. The molecule has 1 aliphatic heterocycles. The molecule has 0 aliphatic carbocycles. The molecule has 2 heterocycles. The number of benzene rings is 2. The van der Waals surface area contributed by atoms with Crippen molar-refractivity contribution >= 4 is 51.1 Å². The Morgan fingerprint density at radius 3 is 2.53 bits per heavy atom. The highest BCUT2D eigenvalue weighted by Crippen LogP contribution is 2.39. The van der Waals surface area contributed by atoms with Gasteiger partial charge in [-0.1, -0.05) is 29.5 Å². The molecule has 30 heavy (non-hydrogen) atoms. The first-order valence-electron chi connectivity index (χ1n) is 8.99. The summed E-state index contributed by atoms with van der Waals surface area (Å²) in [5, 5.41) is 9.92. The Hall–Kier alpha value is -3.17. The number of aliphatic imine (C=N–C) groups is 1. The van der Waals surface area contributed by atoms with Crippen LogP contribution < -0.4 is 14.4 Å². The van der Waals surface area contributed by atoms with Gasteiger partial charge in [-0.15, -0.1) is 10.2 Å². The molecule has 1 aliphatic rings. The molecule has 0 N–H and O–H groups in total. The maximum atomic E-state index is 13.3. The molecule has 0 spiro atoms. The van der Waals surface area contributed by atoms with Gasteiger partial charge in [0, 0.05) is 11.6 Å². The van der Waals surface area contributed by atoms with Crippen LogP contribution in [0.2, 0.25) is 0 Å². The Balaban J connectivity index is 1.77. The lowest BCUT2D eigenvalue weighted by Gasteiger charge is -2.14. The third-order valence-electron chi connectivity index (χ3n) is 4.25. The summed E-state index contributed by atoms with van der Waals surface area (Å²) in [6.45, 7) is 1.87. The van der Waals surface area contributed by atoms with Gasteiger partial charge in [-0.05, 0) is 49.0 Å². The molecule has 152 valence electrons. The van der Waals surface area contributed by atoms with E-state index in [0.717, 1.165) is 16.3 Å². The molecule has 9 heteroatoms. The number of carbonyl (C=O) groups is 1. The highest BCUT2D eigenvalue weighted by Gasteiger charge is 2.35. The summed E-state index contributed by atoms with van der Waals surface area (Å²) < 4.78 is 10.7. The van der Waals surface area contributed by atoms with Crippen LogP contribution in [0, 0.1) is 6.92 Å². The number of rotatable bonds is 5. The van der Waals surface area contributed by atoms with Gasteiger partial charge in [-0.3, -0.25) is 9.69 Å². The number of carbonyl (C=O) groups excluding carboxylic acids is 1. The summed E-state index contributed by atoms with van der Waals surface area (Å²) in [4.78, 5) is 20.0. The Bertz CT molecular complexity index is 1140. The van der Waals surface area contributed by atoms with E-state index in [1.54, 1.807) is 31.3 Å². The third kappa shape index (κ3) is 4.07. The van der Waals surface area contributed by atoms with Gasteiger partial charge in [-0.25, -0.2) is 0 Å². The molecule has 0 atom stereocenters. The second-order valence-electron chi connectivity index (χ2n) is 6.19. The SMILES string of the molecule is COc1ccc(/C=C2\S/C(=N/c3nnc(C)s3)N(c3ccccc3)C2=O)c(OC)c1. The minimum absolute atomic E-state index is 0.163. The summed E-state index contributed by atoms with van der Waals surface area (Å²) in [6.07, 6.45) is 1.80. The zero-order chi connectivity index (χ0) is 21.1. The van der Waals surface area contributed by atoms with E-state index in [-0.39, 0.29) is 5.91 Å². The topological polar surface area (TPSA) is 76.9 Å². The molecule has 1 amide bonds. The normalized spacial score (nSPS) is 16.5. The van der Waals surface area contributed by atoms with Crippen LogP contribution in [0.3, 0.4) is 0 Å². The minimum Gasteiger partial charge on any atom is -0.497 e. The molecule has 2 aromatic carbocycles. The van der Waals surface area contributed by atoms with Gasteiger partial charge in [0.15, 0.2) is 5.17 Å². The molecule has 3 aromatic rings. The molecular formula is C21H18N4O3S2. The molecule has 1 saturated heterocycles. The number of anilines is 1. The number of nitrogens with zero attached hydrogens (tertiary/aromatic N) is 4. The zero-order valence-electron chi connectivity index (χ0n) is 16.5. The van der Waals surface area contributed by atoms with E-state index in [9.17, 15) is 4.79 Å². The van der Waals surface area contributed by atoms with Crippen molar-refractivity contribution in [1.29, 1.82) is 0 Å². The van der Waals surface area contributed by atoms with Crippen LogP contribution >= 0.6 is 23.1 Å². The quantitative estimate of drug-likeness (QED) is 0.539. The van der Waals surface area contributed by atoms with Gasteiger partial charge in [0.05, 0.1) is 24.8 Å². The number of amides is 1. The van der Waals surface area contributed by atoms with E-state index >= 15 is 0 Å². The number of methoxy groups -OCH3 is 2. The largest absolute Gasteiger partial charge is 0.497 e. The average molecular weight is 439 g/mol. The molecule has 1 aromatic heterocycles. The first-order chi connectivity index (χ1) is 14.6. The van der Waals surface area contributed by atoms with Crippen molar-refractivity contribution in [3.63, 3.8) is 0 Å². The first-order valence-corrected chi connectivity index (χ1v) is 10.6. The maximum Gasteiger partial charge on any atom is 0.271 e. The highest BCUT2D eigenvalue weighted by molar-refractivity contribution is 8.19. The van der Waals surface area contributed by atoms with E-state index in [2.05, 4.69) is 15.2 Å². The van der Waals surface area contributed by atoms with Crippen molar-refractivity contribution < 1.29 is 14.3 Å². The van der Waals surface area contributed by atoms with E-state index < -0.39 is 0 Å². The fourth-order valence-corrected chi connectivity index (χ4v) is 4.44. The number of para-hydroxylation sites is 1. The molecule has 7 nitrogen and oxygen atoms in total. The van der Waals surface area contributed by atoms with Gasteiger partial charge >= 0.3 is 0 Å². The Morgan fingerprint density at radius 1 is 1.07 bits per heavy atom. The lowest BCUT2D eigenvalue weighted by Crippen LogP contribution is -2.28. The van der Waals surface area contributed by atoms with E-state index in [4.69, 9.17) is 9.47 Å². The third-order valence-corrected chi connectivity index (χ3v) is 5.96. The predicted octanol–water partition coefficient (Wildman–Crippen LogP) is 4.67. The fourth-order valence-electron chi connectivity index (χ4n) is 2.85. The molecule has 0 bridgehead atoms. The number of ether oxygens (including phenoxy) is 2. The minimum atomic E-state index is -0.163. The van der Waals surface area contributed by atoms with E-state index in [0.29, 0.717) is 26.7 Å². The number of amidine groups is 1. The van der Waals surface area contributed by atoms with Gasteiger partial charge in [0.2, 0.25) is 5.13 Å². The van der Waals surface area contributed by atoms with Crippen LogP contribution in [0.15, 0.2) is 58.4 Å². The number of aromatic nitrogens is 2. The van der Waals surface area contributed by atoms with Crippen LogP contribution in [-0.2, 0) is 4.79 Å². The lowest BCUT2D eigenvalue weighted by atomic mass is 10.1. The second kappa shape index (κ2) is 8.68. The number of hydrogen-bond donors (Lipinski definition) is 0. The van der Waals surface area contributed by atoms with Crippen molar-refractivity contribution in [3.05, 3.63) is 64.0 Å². The van der Waals surface area contributed by atoms with Gasteiger partial charge in [-0.2, -0.15) is 4.99 Å². The molecule has 4 rings (SSSR count). The van der Waals surface area contributed by atoms with Crippen LogP contribution in [0.25, 0.3) is 6.08 Å². The lowest BCUT2D eigenvalue weighted by molar-refractivity contribution is -0.113. The first kappa shape index (κ1) is 20.1. The summed E-state index contributed by atoms with van der Waals surface area (Å²) in [5.41, 5.74) is 1.51. The van der Waals surface area contributed by atoms with Crippen LogP contribution in [0.4, 0.5) is 10.8 Å². The Kier molecular flexibility index (Phi) is 5.82. The molecule has 0 radical (unpaired) electrons. The predicted molar refractivity (Wildman–Crippen MR) is 121 cm³/mol. The number of aryl methyl sites for hydroxylation is 1. The number of hydrogen-bond acceptors (Lipinski definition) is 8. The highest BCUT2D eigenvalue weighted by atomic mass is 32.2. The molecular weight excluding hydrogens is 420 g/mol. The molecule has 1 fully saturated rings. The van der Waals surface area contributed by atoms with Crippen LogP contribution in [-0.4, -0.2) is 35.5 Å². The number of thioether (sulfide) groups is 1. The Morgan fingerprint density at radius 2 is 1.87 bits per heavy atom. The van der Waals surface area contributed by atoms with Crippen molar-refractivity contribution in [2.75, 3.05) is 19.1 Å². The zero-order valence-corrected chi connectivity index (χ0v) is 18.2. The van der Waals surface area contributed by atoms with Crippen molar-refractivity contribution in [2.24, 2.45) is 4.99 Å². The van der Waals surface area contributed by atoms with E-state index in [1.165, 1.54) is 23.1 Å². The monoisotopic (exact) mass is 438 g/mol. The van der Waals surface area contributed by atoms with Gasteiger partial charge in [0.25, 0.3) is 5.91 Å². The fraction of sp³-hybridized carbons (Fsp3) is 0.143.